The second-order valence-corrected chi connectivity index (χ2v) is 7.54. The molecule has 2 aromatic heterocycles. The maximum Gasteiger partial charge on any atom is 0.263 e. The summed E-state index contributed by atoms with van der Waals surface area (Å²) in [5.41, 5.74) is 1.19. The number of nitrogens with zero attached hydrogens (tertiary/aromatic N) is 4. The second-order valence-electron chi connectivity index (χ2n) is 6.40. The molecule has 0 unspecified atom stereocenters. The van der Waals surface area contributed by atoms with Gasteiger partial charge in [-0.2, -0.15) is 0 Å². The fourth-order valence-electron chi connectivity index (χ4n) is 3.57. The third-order valence-corrected chi connectivity index (χ3v) is 6.20. The number of hydrogen-bond acceptors (Lipinski definition) is 5. The zero-order valence-electron chi connectivity index (χ0n) is 13.9. The molecule has 7 heteroatoms. The molecule has 1 amide bonds. The number of carbonyl (C=O) groups is 1. The van der Waals surface area contributed by atoms with Gasteiger partial charge in [0.2, 0.25) is 0 Å². The van der Waals surface area contributed by atoms with Crippen LogP contribution < -0.4 is 0 Å². The minimum atomic E-state index is 0.171. The molecule has 1 fully saturated rings. The Balaban J connectivity index is 1.42. The van der Waals surface area contributed by atoms with Gasteiger partial charge in [0.25, 0.3) is 5.91 Å². The van der Waals surface area contributed by atoms with Crippen molar-refractivity contribution in [2.45, 2.75) is 45.3 Å². The average molecular weight is 346 g/mol. The van der Waals surface area contributed by atoms with Crippen LogP contribution in [0.5, 0.6) is 0 Å². The van der Waals surface area contributed by atoms with Crippen molar-refractivity contribution in [1.29, 1.82) is 0 Å². The topological polar surface area (TPSA) is 60.2 Å². The Morgan fingerprint density at radius 1 is 1.42 bits per heavy atom. The van der Waals surface area contributed by atoms with Gasteiger partial charge in [0, 0.05) is 36.9 Å². The van der Waals surface area contributed by atoms with Gasteiger partial charge in [0.05, 0.1) is 18.1 Å². The Morgan fingerprint density at radius 2 is 2.25 bits per heavy atom. The van der Waals surface area contributed by atoms with Crippen molar-refractivity contribution in [2.24, 2.45) is 0 Å². The van der Waals surface area contributed by atoms with Crippen LogP contribution in [-0.2, 0) is 24.3 Å². The molecule has 0 saturated carbocycles. The summed E-state index contributed by atoms with van der Waals surface area (Å²) in [6.07, 6.45) is 4.64. The predicted octanol–water partition coefficient (Wildman–Crippen LogP) is 2.45. The zero-order chi connectivity index (χ0) is 16.5. The van der Waals surface area contributed by atoms with Gasteiger partial charge in [-0.1, -0.05) is 0 Å². The fraction of sp³-hybridized carbons (Fsp3) is 0.588. The van der Waals surface area contributed by atoms with E-state index in [1.165, 1.54) is 10.4 Å². The van der Waals surface area contributed by atoms with Crippen LogP contribution in [0.2, 0.25) is 0 Å². The third-order valence-electron chi connectivity index (χ3n) is 4.97. The highest BCUT2D eigenvalue weighted by Gasteiger charge is 2.28. The molecule has 2 aliphatic heterocycles. The molecule has 4 rings (SSSR count). The number of amides is 1. The minimum absolute atomic E-state index is 0.171. The van der Waals surface area contributed by atoms with Crippen molar-refractivity contribution >= 4 is 17.2 Å². The number of carbonyl (C=O) groups excluding carboxylic acids is 1. The molecule has 6 nitrogen and oxygen atoms in total. The third kappa shape index (κ3) is 2.86. The highest BCUT2D eigenvalue weighted by Crippen LogP contribution is 2.31. The number of aryl methyl sites for hydroxylation is 1. The van der Waals surface area contributed by atoms with E-state index in [0.29, 0.717) is 12.5 Å². The molecular formula is C17H22N4O2S. The van der Waals surface area contributed by atoms with Gasteiger partial charge in [-0.3, -0.25) is 4.79 Å². The molecule has 128 valence electrons. The minimum Gasteiger partial charge on any atom is -0.376 e. The Kier molecular flexibility index (Phi) is 4.37. The van der Waals surface area contributed by atoms with Crippen LogP contribution in [0.15, 0.2) is 12.4 Å². The van der Waals surface area contributed by atoms with Gasteiger partial charge in [-0.25, -0.2) is 0 Å². The Hall–Kier alpha value is -1.73. The summed E-state index contributed by atoms with van der Waals surface area (Å²) >= 11 is 1.64. The molecule has 0 bridgehead atoms. The first-order valence-electron chi connectivity index (χ1n) is 8.62. The van der Waals surface area contributed by atoms with Crippen molar-refractivity contribution in [3.05, 3.63) is 33.5 Å². The van der Waals surface area contributed by atoms with Crippen LogP contribution in [0.25, 0.3) is 0 Å². The molecule has 0 aromatic carbocycles. The van der Waals surface area contributed by atoms with Crippen molar-refractivity contribution in [3.63, 3.8) is 0 Å². The molecular weight excluding hydrogens is 324 g/mol. The maximum atomic E-state index is 12.8. The number of aromatic nitrogens is 3. The van der Waals surface area contributed by atoms with Gasteiger partial charge in [0.1, 0.15) is 12.2 Å². The molecule has 4 heterocycles. The standard InChI is InChI=1S/C17H22N4O2S/c1-2-20-11-18-19-16(20)12-3-6-21(7-4-12)17(22)15-9-13-10-23-8-5-14(13)24-15/h9,11-12H,2-8,10H2,1H3. The van der Waals surface area contributed by atoms with Crippen molar-refractivity contribution in [1.82, 2.24) is 19.7 Å². The molecule has 1 saturated heterocycles. The number of ether oxygens (including phenoxy) is 1. The van der Waals surface area contributed by atoms with Crippen molar-refractivity contribution in [2.75, 3.05) is 19.7 Å². The van der Waals surface area contributed by atoms with Crippen molar-refractivity contribution in [3.8, 4) is 0 Å². The van der Waals surface area contributed by atoms with Gasteiger partial charge < -0.3 is 14.2 Å². The SMILES string of the molecule is CCn1cnnc1C1CCN(C(=O)c2cc3c(s2)CCOC3)CC1. The van der Waals surface area contributed by atoms with Crippen LogP contribution in [0.1, 0.15) is 51.6 Å². The molecule has 0 radical (unpaired) electrons. The number of hydrogen-bond donors (Lipinski definition) is 0. The first-order valence-corrected chi connectivity index (χ1v) is 9.44. The molecule has 24 heavy (non-hydrogen) atoms. The van der Waals surface area contributed by atoms with Gasteiger partial charge in [-0.05, 0) is 31.4 Å². The fourth-order valence-corrected chi connectivity index (χ4v) is 4.69. The summed E-state index contributed by atoms with van der Waals surface area (Å²) in [7, 11) is 0. The van der Waals surface area contributed by atoms with Gasteiger partial charge in [-0.15, -0.1) is 21.5 Å². The molecule has 2 aromatic rings. The number of fused-ring (bicyclic) bond motifs is 1. The van der Waals surface area contributed by atoms with Gasteiger partial charge >= 0.3 is 0 Å². The summed E-state index contributed by atoms with van der Waals surface area (Å²) in [6.45, 7) is 5.99. The Bertz CT molecular complexity index is 707. The zero-order valence-corrected chi connectivity index (χ0v) is 14.7. The van der Waals surface area contributed by atoms with E-state index in [4.69, 9.17) is 4.74 Å². The quantitative estimate of drug-likeness (QED) is 0.856. The molecule has 0 N–H and O–H groups in total. The van der Waals surface area contributed by atoms with E-state index in [-0.39, 0.29) is 5.91 Å². The number of piperidine rings is 1. The summed E-state index contributed by atoms with van der Waals surface area (Å²) in [5.74, 6) is 1.64. The summed E-state index contributed by atoms with van der Waals surface area (Å²) in [4.78, 5) is 17.0. The predicted molar refractivity (Wildman–Crippen MR) is 91.3 cm³/mol. The van der Waals surface area contributed by atoms with Crippen LogP contribution >= 0.6 is 11.3 Å². The lowest BCUT2D eigenvalue weighted by Crippen LogP contribution is -2.38. The smallest absolute Gasteiger partial charge is 0.263 e. The highest BCUT2D eigenvalue weighted by molar-refractivity contribution is 7.14. The highest BCUT2D eigenvalue weighted by atomic mass is 32.1. The number of thiophene rings is 1. The first-order chi connectivity index (χ1) is 11.8. The lowest BCUT2D eigenvalue weighted by Gasteiger charge is -2.31. The van der Waals surface area contributed by atoms with E-state index in [9.17, 15) is 4.79 Å². The first kappa shape index (κ1) is 15.8. The Morgan fingerprint density at radius 3 is 3.00 bits per heavy atom. The van der Waals surface area contributed by atoms with E-state index in [1.54, 1.807) is 17.7 Å². The summed E-state index contributed by atoms with van der Waals surface area (Å²) < 4.78 is 7.58. The molecule has 0 aliphatic carbocycles. The summed E-state index contributed by atoms with van der Waals surface area (Å²) in [6, 6.07) is 2.03. The largest absolute Gasteiger partial charge is 0.376 e. The number of likely N-dealkylation sites (tertiary alicyclic amines) is 1. The lowest BCUT2D eigenvalue weighted by atomic mass is 9.95. The van der Waals surface area contributed by atoms with E-state index >= 15 is 0 Å². The van der Waals surface area contributed by atoms with Crippen LogP contribution in [-0.4, -0.2) is 45.3 Å². The average Bonchev–Trinajstić information content (AvgIpc) is 3.27. The molecule has 0 spiro atoms. The lowest BCUT2D eigenvalue weighted by molar-refractivity contribution is 0.0715. The van der Waals surface area contributed by atoms with E-state index in [2.05, 4.69) is 21.7 Å². The maximum absolute atomic E-state index is 12.8. The normalized spacial score (nSPS) is 18.6. The molecule has 2 aliphatic rings. The van der Waals surface area contributed by atoms with Crippen molar-refractivity contribution < 1.29 is 9.53 Å². The van der Waals surface area contributed by atoms with E-state index in [0.717, 1.165) is 56.2 Å². The van der Waals surface area contributed by atoms with Crippen LogP contribution in [0.4, 0.5) is 0 Å². The summed E-state index contributed by atoms with van der Waals surface area (Å²) in [5, 5.41) is 8.31. The van der Waals surface area contributed by atoms with E-state index in [1.807, 2.05) is 11.0 Å². The number of rotatable bonds is 3. The van der Waals surface area contributed by atoms with Gasteiger partial charge in [0.15, 0.2) is 0 Å². The van der Waals surface area contributed by atoms with E-state index < -0.39 is 0 Å². The Labute approximate surface area is 145 Å². The van der Waals surface area contributed by atoms with Crippen LogP contribution in [0, 0.1) is 0 Å². The molecule has 0 atom stereocenters. The second kappa shape index (κ2) is 6.64. The monoisotopic (exact) mass is 346 g/mol. The van der Waals surface area contributed by atoms with Crippen LogP contribution in [0.3, 0.4) is 0 Å².